The lowest BCUT2D eigenvalue weighted by molar-refractivity contribution is -0.139. The molecule has 1 amide bonds. The summed E-state index contributed by atoms with van der Waals surface area (Å²) in [5.74, 6) is -1.20. The van der Waals surface area contributed by atoms with Gasteiger partial charge in [-0.15, -0.1) is 0 Å². The summed E-state index contributed by atoms with van der Waals surface area (Å²) in [4.78, 5) is 27.3. The average Bonchev–Trinajstić information content (AvgIpc) is 3.04. The fraction of sp³-hybridized carbons (Fsp3) is 0.478. The molecule has 3 atom stereocenters. The van der Waals surface area contributed by atoms with E-state index in [1.54, 1.807) is 30.3 Å². The van der Waals surface area contributed by atoms with Gasteiger partial charge in [0.1, 0.15) is 5.75 Å². The smallest absolute Gasteiger partial charge is 0.337 e. The van der Waals surface area contributed by atoms with E-state index in [9.17, 15) is 26.4 Å². The molecule has 1 saturated heterocycles. The molecule has 37 heavy (non-hydrogen) atoms. The Morgan fingerprint density at radius 1 is 1.05 bits per heavy atom. The highest BCUT2D eigenvalue weighted by molar-refractivity contribution is 9.09. The number of halogens is 1. The number of esters is 1. The van der Waals surface area contributed by atoms with E-state index in [0.29, 0.717) is 11.4 Å². The first-order valence-electron chi connectivity index (χ1n) is 11.0. The quantitative estimate of drug-likeness (QED) is 0.204. The maximum absolute atomic E-state index is 14.1. The third kappa shape index (κ3) is 6.79. The van der Waals surface area contributed by atoms with Gasteiger partial charge in [-0.3, -0.25) is 13.2 Å². The van der Waals surface area contributed by atoms with Crippen molar-refractivity contribution < 1.29 is 44.3 Å². The molecule has 1 fully saturated rings. The molecule has 3 rings (SSSR count). The minimum absolute atomic E-state index is 0.0902. The van der Waals surface area contributed by atoms with E-state index in [4.69, 9.17) is 17.8 Å². The van der Waals surface area contributed by atoms with Crippen LogP contribution in [0.2, 0.25) is 0 Å². The van der Waals surface area contributed by atoms with Crippen LogP contribution in [0.5, 0.6) is 5.75 Å². The summed E-state index contributed by atoms with van der Waals surface area (Å²) in [5, 5.41) is 0. The van der Waals surface area contributed by atoms with Crippen LogP contribution in [-0.4, -0.2) is 78.4 Å². The first kappa shape index (κ1) is 29.3. The van der Waals surface area contributed by atoms with Gasteiger partial charge in [0.25, 0.3) is 20.2 Å². The number of amides is 1. The molecule has 2 aliphatic rings. The summed E-state index contributed by atoms with van der Waals surface area (Å²) in [6, 6.07) is 7.01. The SMILES string of the molecule is COC(=O)C1=CC(Br)C2C(=C1)N(Cc1ccc(OC)cc1)C(=O)C2(CCOS(C)(=O)=O)COS(C)(=O)=O. The van der Waals surface area contributed by atoms with Gasteiger partial charge in [-0.25, -0.2) is 4.79 Å². The van der Waals surface area contributed by atoms with Crippen molar-refractivity contribution in [3.63, 3.8) is 0 Å². The molecule has 0 N–H and O–H groups in total. The van der Waals surface area contributed by atoms with E-state index < -0.39 is 54.9 Å². The van der Waals surface area contributed by atoms with Gasteiger partial charge in [0.05, 0.1) is 57.5 Å². The lowest BCUT2D eigenvalue weighted by Gasteiger charge is -2.35. The van der Waals surface area contributed by atoms with Crippen LogP contribution in [0.25, 0.3) is 0 Å². The number of hydrogen-bond donors (Lipinski definition) is 0. The minimum Gasteiger partial charge on any atom is -0.497 e. The van der Waals surface area contributed by atoms with Crippen molar-refractivity contribution >= 4 is 48.0 Å². The molecule has 1 aliphatic heterocycles. The molecular weight excluding hydrogens is 594 g/mol. The number of alkyl halides is 1. The second-order valence-electron chi connectivity index (χ2n) is 8.74. The maximum Gasteiger partial charge on any atom is 0.337 e. The molecule has 0 bridgehead atoms. The molecule has 0 radical (unpaired) electrons. The minimum atomic E-state index is -3.96. The van der Waals surface area contributed by atoms with Gasteiger partial charge < -0.3 is 14.4 Å². The number of benzene rings is 1. The highest BCUT2D eigenvalue weighted by Crippen LogP contribution is 2.53. The maximum atomic E-state index is 14.1. The van der Waals surface area contributed by atoms with Crippen LogP contribution >= 0.6 is 15.9 Å². The van der Waals surface area contributed by atoms with Gasteiger partial charge in [0, 0.05) is 16.4 Å². The Morgan fingerprint density at radius 2 is 1.68 bits per heavy atom. The van der Waals surface area contributed by atoms with Crippen molar-refractivity contribution in [2.24, 2.45) is 11.3 Å². The fourth-order valence-electron chi connectivity index (χ4n) is 4.48. The van der Waals surface area contributed by atoms with Crippen LogP contribution < -0.4 is 4.74 Å². The second kappa shape index (κ2) is 11.2. The molecule has 3 unspecified atom stereocenters. The number of carbonyl (C=O) groups excluding carboxylic acids is 2. The number of nitrogens with zero attached hydrogens (tertiary/aromatic N) is 1. The first-order valence-corrected chi connectivity index (χ1v) is 15.5. The summed E-state index contributed by atoms with van der Waals surface area (Å²) >= 11 is 3.54. The molecule has 0 spiro atoms. The number of hydrogen-bond acceptors (Lipinski definition) is 10. The van der Waals surface area contributed by atoms with Crippen LogP contribution in [0.4, 0.5) is 0 Å². The molecule has 1 heterocycles. The lowest BCUT2D eigenvalue weighted by Crippen LogP contribution is -2.44. The average molecular weight is 623 g/mol. The molecule has 1 aromatic rings. The van der Waals surface area contributed by atoms with E-state index in [1.807, 2.05) is 0 Å². The van der Waals surface area contributed by atoms with Gasteiger partial charge in [0.2, 0.25) is 5.91 Å². The number of carbonyl (C=O) groups is 2. The Morgan fingerprint density at radius 3 is 2.22 bits per heavy atom. The van der Waals surface area contributed by atoms with Crippen LogP contribution in [-0.2, 0) is 49.5 Å². The summed E-state index contributed by atoms with van der Waals surface area (Å²) in [7, 11) is -5.03. The molecule has 204 valence electrons. The summed E-state index contributed by atoms with van der Waals surface area (Å²) in [6.07, 6.45) is 4.66. The molecule has 1 aromatic carbocycles. The van der Waals surface area contributed by atoms with Gasteiger partial charge in [-0.1, -0.05) is 34.1 Å². The van der Waals surface area contributed by atoms with Gasteiger partial charge in [-0.2, -0.15) is 16.8 Å². The number of ether oxygens (including phenoxy) is 2. The van der Waals surface area contributed by atoms with Crippen molar-refractivity contribution in [3.8, 4) is 5.75 Å². The third-order valence-electron chi connectivity index (χ3n) is 6.15. The van der Waals surface area contributed by atoms with E-state index in [0.717, 1.165) is 18.1 Å². The fourth-order valence-corrected chi connectivity index (χ4v) is 6.35. The highest BCUT2D eigenvalue weighted by Gasteiger charge is 2.60. The van der Waals surface area contributed by atoms with Crippen molar-refractivity contribution in [1.29, 1.82) is 0 Å². The van der Waals surface area contributed by atoms with Crippen molar-refractivity contribution in [3.05, 3.63) is 53.3 Å². The van der Waals surface area contributed by atoms with Crippen LogP contribution in [0.1, 0.15) is 12.0 Å². The van der Waals surface area contributed by atoms with Crippen LogP contribution in [0.3, 0.4) is 0 Å². The Balaban J connectivity index is 2.11. The van der Waals surface area contributed by atoms with Crippen molar-refractivity contribution in [2.45, 2.75) is 17.8 Å². The topological polar surface area (TPSA) is 143 Å². The van der Waals surface area contributed by atoms with Gasteiger partial charge in [0.15, 0.2) is 0 Å². The second-order valence-corrected chi connectivity index (χ2v) is 13.1. The normalized spacial score (nSPS) is 23.8. The Bertz CT molecular complexity index is 1320. The molecule has 1 aliphatic carbocycles. The molecule has 0 saturated carbocycles. The van der Waals surface area contributed by atoms with E-state index in [-0.39, 0.29) is 25.1 Å². The third-order valence-corrected chi connectivity index (χ3v) is 8.09. The number of methoxy groups -OCH3 is 2. The Labute approximate surface area is 224 Å². The largest absolute Gasteiger partial charge is 0.497 e. The summed E-state index contributed by atoms with van der Waals surface area (Å²) < 4.78 is 67.2. The molecular formula is C23H28BrNO10S2. The number of rotatable bonds is 11. The molecule has 11 nitrogen and oxygen atoms in total. The van der Waals surface area contributed by atoms with Crippen molar-refractivity contribution in [1.82, 2.24) is 4.90 Å². The highest BCUT2D eigenvalue weighted by atomic mass is 79.9. The molecule has 0 aromatic heterocycles. The zero-order chi connectivity index (χ0) is 27.6. The summed E-state index contributed by atoms with van der Waals surface area (Å²) in [6.45, 7) is -0.847. The monoisotopic (exact) mass is 621 g/mol. The van der Waals surface area contributed by atoms with E-state index in [1.165, 1.54) is 25.2 Å². The number of fused-ring (bicyclic) bond motifs is 1. The van der Waals surface area contributed by atoms with Gasteiger partial charge >= 0.3 is 5.97 Å². The Kier molecular flexibility index (Phi) is 8.90. The number of allylic oxidation sites excluding steroid dienone is 2. The van der Waals surface area contributed by atoms with E-state index >= 15 is 0 Å². The van der Waals surface area contributed by atoms with Crippen molar-refractivity contribution in [2.75, 3.05) is 39.9 Å². The molecule has 14 heteroatoms. The first-order chi connectivity index (χ1) is 17.2. The number of likely N-dealkylation sites (tertiary alicyclic amines) is 1. The summed E-state index contributed by atoms with van der Waals surface area (Å²) in [5.41, 5.74) is -0.156. The van der Waals surface area contributed by atoms with E-state index in [2.05, 4.69) is 15.9 Å². The zero-order valence-corrected chi connectivity index (χ0v) is 23.9. The predicted octanol–water partition coefficient (Wildman–Crippen LogP) is 1.74. The van der Waals surface area contributed by atoms with Crippen LogP contribution in [0.15, 0.2) is 47.7 Å². The standard InChI is InChI=1S/C23H28BrNO10S2/c1-32-17-7-5-15(6-8-17)13-25-19-12-16(21(26)33-2)11-18(24)20(19)23(22(25)27,14-35-37(4,30)31)9-10-34-36(3,28)29/h5-8,11-12,18,20H,9-10,13-14H2,1-4H3. The predicted molar refractivity (Wildman–Crippen MR) is 137 cm³/mol. The van der Waals surface area contributed by atoms with Crippen LogP contribution in [0, 0.1) is 11.3 Å². The van der Waals surface area contributed by atoms with Gasteiger partial charge in [-0.05, 0) is 30.2 Å². The Hall–Kier alpha value is -2.26. The zero-order valence-electron chi connectivity index (χ0n) is 20.7. The lowest BCUT2D eigenvalue weighted by atomic mass is 9.71.